The number of hydrazone groups is 1. The molecule has 2 amide bonds. The van der Waals surface area contributed by atoms with E-state index in [4.69, 9.17) is 9.47 Å². The molecule has 7 nitrogen and oxygen atoms in total. The first-order valence-corrected chi connectivity index (χ1v) is 11.7. The predicted octanol–water partition coefficient (Wildman–Crippen LogP) is 4.84. The maximum absolute atomic E-state index is 13.6. The minimum atomic E-state index is -0.617. The summed E-state index contributed by atoms with van der Waals surface area (Å²) in [5.74, 6) is -0.485. The highest BCUT2D eigenvalue weighted by molar-refractivity contribution is 9.10. The Bertz CT molecular complexity index is 1190. The third-order valence-electron chi connectivity index (χ3n) is 4.72. The molecule has 3 aromatic rings. The molecule has 0 heterocycles. The van der Waals surface area contributed by atoms with Crippen LogP contribution in [-0.2, 0) is 11.4 Å². The van der Waals surface area contributed by atoms with Crippen molar-refractivity contribution in [3.8, 4) is 11.5 Å². The molecule has 3 rings (SSSR count). The van der Waals surface area contributed by atoms with E-state index in [1.165, 1.54) is 24.4 Å². The number of benzene rings is 3. The molecular formula is C26H25BrFN3O4. The van der Waals surface area contributed by atoms with Crippen LogP contribution in [0.25, 0.3) is 0 Å². The van der Waals surface area contributed by atoms with Gasteiger partial charge in [-0.05, 0) is 58.2 Å². The molecule has 182 valence electrons. The molecule has 0 radical (unpaired) electrons. The van der Waals surface area contributed by atoms with Crippen molar-refractivity contribution >= 4 is 34.0 Å². The molecule has 0 saturated heterocycles. The lowest BCUT2D eigenvalue weighted by Gasteiger charge is -2.14. The summed E-state index contributed by atoms with van der Waals surface area (Å²) in [6.07, 6.45) is 1.46. The first-order valence-electron chi connectivity index (χ1n) is 11.0. The molecule has 0 bridgehead atoms. The largest absolute Gasteiger partial charge is 0.490 e. The summed E-state index contributed by atoms with van der Waals surface area (Å²) in [6.45, 7) is 2.75. The van der Waals surface area contributed by atoms with Crippen LogP contribution < -0.4 is 20.2 Å². The minimum absolute atomic E-state index is 0.0162. The fourth-order valence-corrected chi connectivity index (χ4v) is 3.63. The number of rotatable bonds is 11. The lowest BCUT2D eigenvalue weighted by Crippen LogP contribution is -2.29. The van der Waals surface area contributed by atoms with E-state index >= 15 is 0 Å². The van der Waals surface area contributed by atoms with Crippen LogP contribution in [0.1, 0.15) is 34.8 Å². The average molecular weight is 542 g/mol. The van der Waals surface area contributed by atoms with Crippen molar-refractivity contribution in [1.29, 1.82) is 0 Å². The van der Waals surface area contributed by atoms with E-state index in [1.807, 2.05) is 37.3 Å². The molecule has 0 aliphatic rings. The van der Waals surface area contributed by atoms with Crippen molar-refractivity contribution in [2.75, 3.05) is 13.2 Å². The summed E-state index contributed by atoms with van der Waals surface area (Å²) in [6, 6.07) is 19.0. The van der Waals surface area contributed by atoms with Gasteiger partial charge in [0.05, 0.1) is 22.9 Å². The second-order valence-electron chi connectivity index (χ2n) is 7.32. The van der Waals surface area contributed by atoms with E-state index in [9.17, 15) is 14.0 Å². The van der Waals surface area contributed by atoms with Gasteiger partial charge in [0.2, 0.25) is 5.91 Å². The van der Waals surface area contributed by atoms with Gasteiger partial charge in [-0.3, -0.25) is 9.59 Å². The van der Waals surface area contributed by atoms with Crippen LogP contribution in [0.4, 0.5) is 4.39 Å². The Morgan fingerprint density at radius 1 is 1.06 bits per heavy atom. The monoisotopic (exact) mass is 541 g/mol. The molecule has 3 aromatic carbocycles. The van der Waals surface area contributed by atoms with Crippen molar-refractivity contribution in [2.45, 2.75) is 20.0 Å². The van der Waals surface area contributed by atoms with Crippen LogP contribution in [0.15, 0.2) is 76.3 Å². The summed E-state index contributed by atoms with van der Waals surface area (Å²) in [4.78, 5) is 24.0. The minimum Gasteiger partial charge on any atom is -0.490 e. The summed E-state index contributed by atoms with van der Waals surface area (Å²) in [5.41, 5.74) is 4.04. The van der Waals surface area contributed by atoms with Crippen molar-refractivity contribution < 1.29 is 23.5 Å². The fraction of sp³-hybridized carbons (Fsp3) is 0.192. The van der Waals surface area contributed by atoms with E-state index in [0.717, 1.165) is 5.56 Å². The van der Waals surface area contributed by atoms with Gasteiger partial charge in [0.1, 0.15) is 12.4 Å². The number of nitrogens with zero attached hydrogens (tertiary/aromatic N) is 1. The van der Waals surface area contributed by atoms with Gasteiger partial charge in [0.25, 0.3) is 5.91 Å². The second kappa shape index (κ2) is 13.2. The number of hydrogen-bond acceptors (Lipinski definition) is 5. The SMILES string of the molecule is CCOc1cc(C=NNC(=O)CCNC(=O)c2ccccc2F)cc(Br)c1OCc1ccccc1. The molecule has 0 aromatic heterocycles. The highest BCUT2D eigenvalue weighted by Crippen LogP contribution is 2.37. The number of hydrogen-bond donors (Lipinski definition) is 2. The standard InChI is InChI=1S/C26H25BrFN3O4/c1-2-34-23-15-19(14-21(27)25(23)35-17-18-8-4-3-5-9-18)16-30-31-24(32)12-13-29-26(33)20-10-6-7-11-22(20)28/h3-11,14-16H,2,12-13,17H2,1H3,(H,29,33)(H,31,32). The van der Waals surface area contributed by atoms with Crippen LogP contribution in [0.5, 0.6) is 11.5 Å². The summed E-state index contributed by atoms with van der Waals surface area (Å²) >= 11 is 3.51. The molecule has 0 fully saturated rings. The highest BCUT2D eigenvalue weighted by atomic mass is 79.9. The zero-order chi connectivity index (χ0) is 25.0. The molecule has 9 heteroatoms. The Kier molecular flexibility index (Phi) is 9.80. The van der Waals surface area contributed by atoms with Gasteiger partial charge in [-0.15, -0.1) is 0 Å². The van der Waals surface area contributed by atoms with Crippen LogP contribution in [-0.4, -0.2) is 31.2 Å². The molecule has 0 aliphatic carbocycles. The van der Waals surface area contributed by atoms with Crippen molar-refractivity contribution in [3.05, 3.63) is 93.7 Å². The average Bonchev–Trinajstić information content (AvgIpc) is 2.84. The lowest BCUT2D eigenvalue weighted by molar-refractivity contribution is -0.120. The molecule has 0 spiro atoms. The maximum Gasteiger partial charge on any atom is 0.254 e. The maximum atomic E-state index is 13.6. The van der Waals surface area contributed by atoms with Gasteiger partial charge in [-0.1, -0.05) is 42.5 Å². The van der Waals surface area contributed by atoms with Crippen LogP contribution in [0.3, 0.4) is 0 Å². The summed E-state index contributed by atoms with van der Waals surface area (Å²) < 4.78 is 26.0. The Morgan fingerprint density at radius 3 is 2.54 bits per heavy atom. The Labute approximate surface area is 211 Å². The first-order chi connectivity index (χ1) is 17.0. The number of amides is 2. The van der Waals surface area contributed by atoms with Crippen molar-refractivity contribution in [1.82, 2.24) is 10.7 Å². The van der Waals surface area contributed by atoms with E-state index in [0.29, 0.717) is 34.7 Å². The molecule has 0 atom stereocenters. The topological polar surface area (TPSA) is 89.0 Å². The van der Waals surface area contributed by atoms with Crippen molar-refractivity contribution in [3.63, 3.8) is 0 Å². The molecular weight excluding hydrogens is 517 g/mol. The quantitative estimate of drug-likeness (QED) is 0.268. The first kappa shape index (κ1) is 25.9. The number of halogens is 2. The van der Waals surface area contributed by atoms with Crippen LogP contribution in [0.2, 0.25) is 0 Å². The van der Waals surface area contributed by atoms with Gasteiger partial charge in [-0.25, -0.2) is 9.82 Å². The molecule has 35 heavy (non-hydrogen) atoms. The van der Waals surface area contributed by atoms with Gasteiger partial charge in [0, 0.05) is 13.0 Å². The van der Waals surface area contributed by atoms with E-state index in [2.05, 4.69) is 31.8 Å². The van der Waals surface area contributed by atoms with Crippen molar-refractivity contribution in [2.24, 2.45) is 5.10 Å². The molecule has 0 saturated carbocycles. The van der Waals surface area contributed by atoms with Gasteiger partial charge in [0.15, 0.2) is 11.5 Å². The number of carbonyl (C=O) groups is 2. The third-order valence-corrected chi connectivity index (χ3v) is 5.31. The zero-order valence-electron chi connectivity index (χ0n) is 19.1. The fourth-order valence-electron chi connectivity index (χ4n) is 3.06. The molecule has 0 unspecified atom stereocenters. The van der Waals surface area contributed by atoms with Gasteiger partial charge < -0.3 is 14.8 Å². The Balaban J connectivity index is 1.53. The molecule has 0 aliphatic heterocycles. The number of ether oxygens (including phenoxy) is 2. The van der Waals surface area contributed by atoms with E-state index < -0.39 is 17.6 Å². The summed E-state index contributed by atoms with van der Waals surface area (Å²) in [5, 5.41) is 6.47. The Hall–Kier alpha value is -3.72. The lowest BCUT2D eigenvalue weighted by atomic mass is 10.2. The summed E-state index contributed by atoms with van der Waals surface area (Å²) in [7, 11) is 0. The smallest absolute Gasteiger partial charge is 0.254 e. The van der Waals surface area contributed by atoms with Gasteiger partial charge in [-0.2, -0.15) is 5.10 Å². The van der Waals surface area contributed by atoms with E-state index in [1.54, 1.807) is 18.2 Å². The molecule has 2 N–H and O–H groups in total. The van der Waals surface area contributed by atoms with Crippen LogP contribution in [0, 0.1) is 5.82 Å². The Morgan fingerprint density at radius 2 is 1.80 bits per heavy atom. The normalized spacial score (nSPS) is 10.7. The number of nitrogens with one attached hydrogen (secondary N) is 2. The second-order valence-corrected chi connectivity index (χ2v) is 8.17. The van der Waals surface area contributed by atoms with Gasteiger partial charge >= 0.3 is 0 Å². The highest BCUT2D eigenvalue weighted by Gasteiger charge is 2.13. The zero-order valence-corrected chi connectivity index (χ0v) is 20.7. The predicted molar refractivity (Wildman–Crippen MR) is 135 cm³/mol. The number of carbonyl (C=O) groups excluding carboxylic acids is 2. The van der Waals surface area contributed by atoms with Crippen LogP contribution >= 0.6 is 15.9 Å². The van der Waals surface area contributed by atoms with E-state index in [-0.39, 0.29) is 18.5 Å². The third kappa shape index (κ3) is 7.92.